The maximum absolute atomic E-state index is 13.5. The van der Waals surface area contributed by atoms with E-state index in [0.717, 1.165) is 13.1 Å². The molecule has 6 nitrogen and oxygen atoms in total. The molecule has 5 rings (SSSR count). The molecule has 4 heterocycles. The number of carbonyl (C=O) groups is 1. The van der Waals surface area contributed by atoms with E-state index in [0.29, 0.717) is 44.5 Å². The molecule has 29 heavy (non-hydrogen) atoms. The molecule has 1 aromatic heterocycles. The van der Waals surface area contributed by atoms with Crippen molar-refractivity contribution < 1.29 is 18.7 Å². The number of likely N-dealkylation sites (tertiary alicyclic amines) is 1. The van der Waals surface area contributed by atoms with E-state index in [1.807, 2.05) is 4.90 Å². The van der Waals surface area contributed by atoms with Gasteiger partial charge in [0.15, 0.2) is 0 Å². The van der Waals surface area contributed by atoms with Crippen LogP contribution in [0.5, 0.6) is 0 Å². The summed E-state index contributed by atoms with van der Waals surface area (Å²) in [6, 6.07) is 3.91. The Balaban J connectivity index is 1.31. The molecule has 158 valence electrons. The summed E-state index contributed by atoms with van der Waals surface area (Å²) in [6.45, 7) is 3.42. The van der Waals surface area contributed by atoms with Gasteiger partial charge in [-0.2, -0.15) is 0 Å². The molecule has 4 fully saturated rings. The van der Waals surface area contributed by atoms with E-state index in [1.165, 1.54) is 0 Å². The molecule has 2 atom stereocenters. The van der Waals surface area contributed by atoms with Gasteiger partial charge in [0.2, 0.25) is 5.92 Å². The van der Waals surface area contributed by atoms with E-state index in [-0.39, 0.29) is 42.5 Å². The minimum Gasteiger partial charge on any atom is -0.392 e. The fraction of sp³-hybridized carbons (Fsp3) is 0.714. The summed E-state index contributed by atoms with van der Waals surface area (Å²) >= 11 is 0. The second-order valence-electron chi connectivity index (χ2n) is 9.34. The smallest absolute Gasteiger partial charge is 0.255 e. The molecule has 1 amide bonds. The highest BCUT2D eigenvalue weighted by molar-refractivity contribution is 5.94. The average molecular weight is 406 g/mol. The third-order valence-corrected chi connectivity index (χ3v) is 7.31. The van der Waals surface area contributed by atoms with E-state index in [9.17, 15) is 18.7 Å². The number of pyridine rings is 1. The van der Waals surface area contributed by atoms with E-state index < -0.39 is 5.92 Å². The van der Waals surface area contributed by atoms with Crippen LogP contribution in [0, 0.1) is 0 Å². The third kappa shape index (κ3) is 3.45. The minimum absolute atomic E-state index is 0.0192. The van der Waals surface area contributed by atoms with E-state index in [2.05, 4.69) is 14.8 Å². The summed E-state index contributed by atoms with van der Waals surface area (Å²) in [4.78, 5) is 23.7. The summed E-state index contributed by atoms with van der Waals surface area (Å²) in [5.74, 6) is -2.53. The quantitative estimate of drug-likeness (QED) is 0.809. The molecule has 3 aliphatic heterocycles. The van der Waals surface area contributed by atoms with Gasteiger partial charge in [0.25, 0.3) is 5.91 Å². The zero-order valence-corrected chi connectivity index (χ0v) is 16.5. The van der Waals surface area contributed by atoms with Crippen molar-refractivity contribution in [2.45, 2.75) is 61.8 Å². The van der Waals surface area contributed by atoms with Crippen LogP contribution < -0.4 is 0 Å². The second kappa shape index (κ2) is 6.96. The number of amides is 1. The van der Waals surface area contributed by atoms with Crippen molar-refractivity contribution in [2.75, 3.05) is 32.7 Å². The highest BCUT2D eigenvalue weighted by Crippen LogP contribution is 2.43. The number of piperazine rings is 1. The number of rotatable bonds is 2. The fourth-order valence-corrected chi connectivity index (χ4v) is 5.88. The van der Waals surface area contributed by atoms with Gasteiger partial charge >= 0.3 is 0 Å². The number of aromatic nitrogens is 1. The monoisotopic (exact) mass is 406 g/mol. The fourth-order valence-electron chi connectivity index (χ4n) is 5.88. The van der Waals surface area contributed by atoms with Gasteiger partial charge < -0.3 is 10.0 Å². The molecule has 0 unspecified atom stereocenters. The maximum Gasteiger partial charge on any atom is 0.255 e. The molecule has 0 aromatic carbocycles. The molecule has 8 heteroatoms. The third-order valence-electron chi connectivity index (χ3n) is 7.31. The summed E-state index contributed by atoms with van der Waals surface area (Å²) in [5, 5.41) is 10.3. The first-order valence-electron chi connectivity index (χ1n) is 10.6. The first-order valence-corrected chi connectivity index (χ1v) is 10.6. The van der Waals surface area contributed by atoms with Crippen molar-refractivity contribution in [2.24, 2.45) is 0 Å². The minimum atomic E-state index is -2.51. The lowest BCUT2D eigenvalue weighted by atomic mass is 9.80. The van der Waals surface area contributed by atoms with Gasteiger partial charge in [-0.05, 0) is 31.4 Å². The molecule has 1 N–H and O–H groups in total. The molecular formula is C21H28F2N4O2. The second-order valence-corrected chi connectivity index (χ2v) is 9.34. The SMILES string of the molecule is O=C(c1cccnc1)N1C[C@@H]2C[C@@H](O)CN2C2(C1)CN(C1CCC(F)(F)CC1)C2. The Hall–Kier alpha value is -1.64. The van der Waals surface area contributed by atoms with Crippen LogP contribution in [0.4, 0.5) is 8.78 Å². The van der Waals surface area contributed by atoms with Gasteiger partial charge in [-0.3, -0.25) is 19.6 Å². The molecular weight excluding hydrogens is 378 g/mol. The zero-order chi connectivity index (χ0) is 20.2. The summed E-state index contributed by atoms with van der Waals surface area (Å²) < 4.78 is 27.1. The van der Waals surface area contributed by atoms with E-state index >= 15 is 0 Å². The molecule has 1 aromatic rings. The van der Waals surface area contributed by atoms with Crippen LogP contribution in [-0.2, 0) is 0 Å². The number of nitrogens with zero attached hydrogens (tertiary/aromatic N) is 4. The van der Waals surface area contributed by atoms with Gasteiger partial charge in [-0.1, -0.05) is 0 Å². The Kier molecular flexibility index (Phi) is 4.64. The number of carbonyl (C=O) groups excluding carboxylic acids is 1. The van der Waals surface area contributed by atoms with Crippen molar-refractivity contribution in [1.82, 2.24) is 19.7 Å². The van der Waals surface area contributed by atoms with Crippen molar-refractivity contribution in [3.05, 3.63) is 30.1 Å². The number of fused-ring (bicyclic) bond motifs is 2. The lowest BCUT2D eigenvalue weighted by molar-refractivity contribution is -0.135. The van der Waals surface area contributed by atoms with Gasteiger partial charge in [-0.25, -0.2) is 8.78 Å². The Labute approximate surface area is 169 Å². The molecule has 1 aliphatic carbocycles. The number of halogens is 2. The van der Waals surface area contributed by atoms with Crippen LogP contribution in [0.15, 0.2) is 24.5 Å². The molecule has 0 radical (unpaired) electrons. The van der Waals surface area contributed by atoms with Crippen LogP contribution >= 0.6 is 0 Å². The molecule has 4 aliphatic rings. The van der Waals surface area contributed by atoms with Crippen LogP contribution in [0.25, 0.3) is 0 Å². The first kappa shape index (κ1) is 19.3. The summed E-state index contributed by atoms with van der Waals surface area (Å²) in [6.07, 6.45) is 4.57. The van der Waals surface area contributed by atoms with Crippen molar-refractivity contribution in [1.29, 1.82) is 0 Å². The summed E-state index contributed by atoms with van der Waals surface area (Å²) in [7, 11) is 0. The Morgan fingerprint density at radius 2 is 1.90 bits per heavy atom. The van der Waals surface area contributed by atoms with Crippen LogP contribution in [-0.4, -0.2) is 93.1 Å². The number of aliphatic hydroxyl groups is 1. The molecule has 1 spiro atoms. The number of hydrogen-bond acceptors (Lipinski definition) is 5. The predicted molar refractivity (Wildman–Crippen MR) is 103 cm³/mol. The topological polar surface area (TPSA) is 59.9 Å². The van der Waals surface area contributed by atoms with Crippen LogP contribution in [0.3, 0.4) is 0 Å². The first-order chi connectivity index (χ1) is 13.9. The molecule has 0 bridgehead atoms. The highest BCUT2D eigenvalue weighted by atomic mass is 19.3. The standard InChI is InChI=1S/C21H28F2N4O2/c22-21(23)5-3-16(4-6-21)26-13-20(14-26)12-25(10-17-8-18(28)11-27(17)20)19(29)15-2-1-7-24-9-15/h1-2,7,9,16-18,28H,3-6,8,10-14H2/t17-,18+/m0/s1. The largest absolute Gasteiger partial charge is 0.392 e. The predicted octanol–water partition coefficient (Wildman–Crippen LogP) is 1.60. The maximum atomic E-state index is 13.5. The highest BCUT2D eigenvalue weighted by Gasteiger charge is 2.58. The average Bonchev–Trinajstić information content (AvgIpc) is 3.06. The Morgan fingerprint density at radius 1 is 1.14 bits per heavy atom. The number of aliphatic hydroxyl groups excluding tert-OH is 1. The van der Waals surface area contributed by atoms with E-state index in [4.69, 9.17) is 0 Å². The number of β-amino-alcohol motifs (C(OH)–C–C–N with tert-alkyl or cyclic N) is 1. The normalized spacial score (nSPS) is 32.2. The van der Waals surface area contributed by atoms with Crippen molar-refractivity contribution >= 4 is 5.91 Å². The van der Waals surface area contributed by atoms with Crippen LogP contribution in [0.1, 0.15) is 42.5 Å². The lowest BCUT2D eigenvalue weighted by Gasteiger charge is -2.63. The Morgan fingerprint density at radius 3 is 2.59 bits per heavy atom. The number of alkyl halides is 2. The number of hydrogen-bond donors (Lipinski definition) is 1. The lowest BCUT2D eigenvalue weighted by Crippen LogP contribution is -2.79. The van der Waals surface area contributed by atoms with E-state index in [1.54, 1.807) is 24.5 Å². The molecule has 3 saturated heterocycles. The van der Waals surface area contributed by atoms with Crippen molar-refractivity contribution in [3.8, 4) is 0 Å². The van der Waals surface area contributed by atoms with Gasteiger partial charge in [-0.15, -0.1) is 0 Å². The Bertz CT molecular complexity index is 761. The van der Waals surface area contributed by atoms with Crippen LogP contribution in [0.2, 0.25) is 0 Å². The summed E-state index contributed by atoms with van der Waals surface area (Å²) in [5.41, 5.74) is 0.401. The zero-order valence-electron chi connectivity index (χ0n) is 16.5. The van der Waals surface area contributed by atoms with Gasteiger partial charge in [0, 0.05) is 70.0 Å². The van der Waals surface area contributed by atoms with Gasteiger partial charge in [0.05, 0.1) is 17.2 Å². The van der Waals surface area contributed by atoms with Crippen molar-refractivity contribution in [3.63, 3.8) is 0 Å². The molecule has 1 saturated carbocycles. The van der Waals surface area contributed by atoms with Gasteiger partial charge in [0.1, 0.15) is 0 Å².